The van der Waals surface area contributed by atoms with Gasteiger partial charge in [0.05, 0.1) is 0 Å². The first kappa shape index (κ1) is 14.8. The van der Waals surface area contributed by atoms with Crippen LogP contribution in [-0.4, -0.2) is 24.9 Å². The minimum atomic E-state index is -0.384. The summed E-state index contributed by atoms with van der Waals surface area (Å²) in [5.41, 5.74) is 1.74. The number of hydrogen-bond acceptors (Lipinski definition) is 2. The van der Waals surface area contributed by atoms with Crippen LogP contribution in [0.15, 0.2) is 23.8 Å². The number of carbonyl (C=O) groups excluding carboxylic acids is 1. The van der Waals surface area contributed by atoms with Gasteiger partial charge in [-0.25, -0.2) is 0 Å². The number of rotatable bonds is 3. The first-order chi connectivity index (χ1) is 8.97. The predicted octanol–water partition coefficient (Wildman–Crippen LogP) is 3.75. The molecule has 0 spiro atoms. The molecular formula is C16H23ClO2. The molecule has 0 amide bonds. The molecule has 4 unspecified atom stereocenters. The van der Waals surface area contributed by atoms with Crippen molar-refractivity contribution in [3.63, 3.8) is 0 Å². The lowest BCUT2D eigenvalue weighted by Crippen LogP contribution is -2.51. The Morgan fingerprint density at radius 3 is 2.84 bits per heavy atom. The van der Waals surface area contributed by atoms with Crippen molar-refractivity contribution in [1.82, 2.24) is 0 Å². The Hall–Kier alpha value is -0.600. The van der Waals surface area contributed by atoms with E-state index in [0.29, 0.717) is 11.8 Å². The van der Waals surface area contributed by atoms with Gasteiger partial charge >= 0.3 is 0 Å². The van der Waals surface area contributed by atoms with Crippen LogP contribution in [0.25, 0.3) is 0 Å². The van der Waals surface area contributed by atoms with E-state index in [2.05, 4.69) is 19.6 Å². The van der Waals surface area contributed by atoms with Crippen LogP contribution in [0.1, 0.15) is 33.1 Å². The molecule has 1 saturated carbocycles. The fraction of sp³-hybridized carbons (Fsp3) is 0.688. The molecular weight excluding hydrogens is 260 g/mol. The van der Waals surface area contributed by atoms with Crippen molar-refractivity contribution in [2.75, 3.05) is 13.0 Å². The molecule has 2 rings (SSSR count). The number of ether oxygens (including phenoxy) is 1. The van der Waals surface area contributed by atoms with E-state index in [4.69, 9.17) is 16.3 Å². The number of hydrogen-bond donors (Lipinski definition) is 0. The second-order valence-electron chi connectivity index (χ2n) is 6.06. The third kappa shape index (κ3) is 2.19. The molecule has 0 bridgehead atoms. The topological polar surface area (TPSA) is 26.3 Å². The first-order valence-corrected chi connectivity index (χ1v) is 7.50. The van der Waals surface area contributed by atoms with E-state index in [-0.39, 0.29) is 23.2 Å². The average molecular weight is 283 g/mol. The number of allylic oxidation sites excluding steroid dienone is 1. The van der Waals surface area contributed by atoms with Crippen molar-refractivity contribution in [2.24, 2.45) is 17.3 Å². The van der Waals surface area contributed by atoms with Crippen molar-refractivity contribution in [2.45, 2.75) is 39.2 Å². The standard InChI is InChI=1S/C16H23ClO2/c1-10(2)12-8-16(9-17)11(3)6-5-7-13(16)14(18)15(12)19-4/h7,11-12,15H,1,5-6,8-9H2,2-4H3. The summed E-state index contributed by atoms with van der Waals surface area (Å²) in [6.07, 6.45) is 4.65. The van der Waals surface area contributed by atoms with E-state index < -0.39 is 0 Å². The zero-order valence-corrected chi connectivity index (χ0v) is 12.8. The normalized spacial score (nSPS) is 38.6. The second-order valence-corrected chi connectivity index (χ2v) is 6.33. The summed E-state index contributed by atoms with van der Waals surface area (Å²) in [4.78, 5) is 12.7. The third-order valence-corrected chi connectivity index (χ3v) is 5.50. The Labute approximate surface area is 120 Å². The molecule has 0 aliphatic heterocycles. The molecule has 2 aliphatic carbocycles. The largest absolute Gasteiger partial charge is 0.373 e. The van der Waals surface area contributed by atoms with Gasteiger partial charge in [-0.2, -0.15) is 0 Å². The summed E-state index contributed by atoms with van der Waals surface area (Å²) in [7, 11) is 1.61. The monoisotopic (exact) mass is 282 g/mol. The number of fused-ring (bicyclic) bond motifs is 1. The van der Waals surface area contributed by atoms with E-state index >= 15 is 0 Å². The van der Waals surface area contributed by atoms with E-state index in [1.807, 2.05) is 6.92 Å². The van der Waals surface area contributed by atoms with Gasteiger partial charge in [-0.05, 0) is 32.1 Å². The molecule has 106 valence electrons. The van der Waals surface area contributed by atoms with Crippen molar-refractivity contribution in [1.29, 1.82) is 0 Å². The number of halogens is 1. The van der Waals surface area contributed by atoms with Gasteiger partial charge in [0.1, 0.15) is 6.10 Å². The maximum atomic E-state index is 12.7. The van der Waals surface area contributed by atoms with Gasteiger partial charge in [-0.1, -0.05) is 25.2 Å². The van der Waals surface area contributed by atoms with Gasteiger partial charge in [-0.15, -0.1) is 11.6 Å². The van der Waals surface area contributed by atoms with Crippen LogP contribution in [0.5, 0.6) is 0 Å². The van der Waals surface area contributed by atoms with Gasteiger partial charge in [0, 0.05) is 29.9 Å². The van der Waals surface area contributed by atoms with Crippen molar-refractivity contribution in [3.05, 3.63) is 23.8 Å². The van der Waals surface area contributed by atoms with E-state index in [0.717, 1.165) is 30.4 Å². The first-order valence-electron chi connectivity index (χ1n) is 6.97. The Morgan fingerprint density at radius 1 is 1.63 bits per heavy atom. The predicted molar refractivity (Wildman–Crippen MR) is 78.4 cm³/mol. The van der Waals surface area contributed by atoms with Crippen LogP contribution >= 0.6 is 11.6 Å². The number of methoxy groups -OCH3 is 1. The summed E-state index contributed by atoms with van der Waals surface area (Å²) in [6.45, 7) is 8.24. The number of alkyl halides is 1. The summed E-state index contributed by atoms with van der Waals surface area (Å²) in [6, 6.07) is 0. The molecule has 19 heavy (non-hydrogen) atoms. The fourth-order valence-electron chi connectivity index (χ4n) is 3.68. The lowest BCUT2D eigenvalue weighted by molar-refractivity contribution is -0.133. The average Bonchev–Trinajstić information content (AvgIpc) is 2.39. The summed E-state index contributed by atoms with van der Waals surface area (Å²) in [5.74, 6) is 1.14. The van der Waals surface area contributed by atoms with Gasteiger partial charge in [0.15, 0.2) is 5.78 Å². The minimum absolute atomic E-state index is 0.0777. The molecule has 0 saturated heterocycles. The number of Topliss-reactive ketones (excluding diaryl/α,β-unsaturated/α-hetero) is 1. The SMILES string of the molecule is C=C(C)C1CC2(CCl)C(=CCCC2C)C(=O)C1OC. The Morgan fingerprint density at radius 2 is 2.32 bits per heavy atom. The molecule has 0 aromatic rings. The van der Waals surface area contributed by atoms with Gasteiger partial charge in [-0.3, -0.25) is 4.79 Å². The molecule has 0 aromatic heterocycles. The van der Waals surface area contributed by atoms with Gasteiger partial charge in [0.2, 0.25) is 0 Å². The van der Waals surface area contributed by atoms with E-state index in [1.54, 1.807) is 7.11 Å². The lowest BCUT2D eigenvalue weighted by atomic mass is 9.56. The van der Waals surface area contributed by atoms with Crippen LogP contribution in [-0.2, 0) is 9.53 Å². The van der Waals surface area contributed by atoms with Crippen molar-refractivity contribution in [3.8, 4) is 0 Å². The fourth-order valence-corrected chi connectivity index (χ4v) is 4.19. The number of ketones is 1. The number of carbonyl (C=O) groups is 1. The second kappa shape index (κ2) is 5.41. The highest BCUT2D eigenvalue weighted by atomic mass is 35.5. The summed E-state index contributed by atoms with van der Waals surface area (Å²) in [5, 5.41) is 0. The molecule has 0 radical (unpaired) electrons. The minimum Gasteiger partial charge on any atom is -0.373 e. The molecule has 1 fully saturated rings. The molecule has 0 heterocycles. The maximum Gasteiger partial charge on any atom is 0.188 e. The van der Waals surface area contributed by atoms with Crippen LogP contribution in [0.4, 0.5) is 0 Å². The van der Waals surface area contributed by atoms with Crippen LogP contribution in [0.2, 0.25) is 0 Å². The quantitative estimate of drug-likeness (QED) is 0.582. The Kier molecular flexibility index (Phi) is 4.22. The molecule has 0 aromatic carbocycles. The van der Waals surface area contributed by atoms with Crippen molar-refractivity contribution < 1.29 is 9.53 Å². The maximum absolute atomic E-state index is 12.7. The van der Waals surface area contributed by atoms with Crippen molar-refractivity contribution >= 4 is 17.4 Å². The molecule has 3 heteroatoms. The van der Waals surface area contributed by atoms with Crippen LogP contribution in [0, 0.1) is 17.3 Å². The molecule has 2 aliphatic rings. The highest BCUT2D eigenvalue weighted by Gasteiger charge is 2.52. The summed E-state index contributed by atoms with van der Waals surface area (Å²) < 4.78 is 5.46. The van der Waals surface area contributed by atoms with Crippen LogP contribution < -0.4 is 0 Å². The van der Waals surface area contributed by atoms with Gasteiger partial charge in [0.25, 0.3) is 0 Å². The Bertz CT molecular complexity index is 426. The molecule has 4 atom stereocenters. The molecule has 0 N–H and O–H groups in total. The highest BCUT2D eigenvalue weighted by Crippen LogP contribution is 2.53. The van der Waals surface area contributed by atoms with E-state index in [9.17, 15) is 4.79 Å². The van der Waals surface area contributed by atoms with Gasteiger partial charge < -0.3 is 4.74 Å². The zero-order valence-electron chi connectivity index (χ0n) is 12.0. The van der Waals surface area contributed by atoms with Crippen LogP contribution in [0.3, 0.4) is 0 Å². The zero-order chi connectivity index (χ0) is 14.2. The van der Waals surface area contributed by atoms with E-state index in [1.165, 1.54) is 0 Å². The third-order valence-electron chi connectivity index (χ3n) is 5.03. The smallest absolute Gasteiger partial charge is 0.188 e. The highest BCUT2D eigenvalue weighted by molar-refractivity contribution is 6.19. The Balaban J connectivity index is 2.48. The molecule has 2 nitrogen and oxygen atoms in total. The lowest BCUT2D eigenvalue weighted by Gasteiger charge is -2.49. The summed E-state index contributed by atoms with van der Waals surface area (Å²) >= 11 is 6.30.